The number of carbonyl (C=O) groups is 2. The summed E-state index contributed by atoms with van der Waals surface area (Å²) in [5.41, 5.74) is 0.960. The highest BCUT2D eigenvalue weighted by atomic mass is 32.2. The number of hydrogen-bond acceptors (Lipinski definition) is 8. The van der Waals surface area contributed by atoms with E-state index in [4.69, 9.17) is 9.72 Å². The van der Waals surface area contributed by atoms with Gasteiger partial charge in [0.05, 0.1) is 30.8 Å². The summed E-state index contributed by atoms with van der Waals surface area (Å²) in [6.45, 7) is 11.2. The monoisotopic (exact) mass is 524 g/mol. The Hall–Kier alpha value is -1.20. The van der Waals surface area contributed by atoms with E-state index in [1.165, 1.54) is 16.6 Å². The number of aliphatic hydroxyl groups excluding tert-OH is 1. The highest BCUT2D eigenvalue weighted by molar-refractivity contribution is 7.99. The van der Waals surface area contributed by atoms with Crippen LogP contribution in [0.5, 0.6) is 0 Å². The van der Waals surface area contributed by atoms with Gasteiger partial charge in [-0.1, -0.05) is 20.8 Å². The Kier molecular flexibility index (Phi) is 8.79. The minimum atomic E-state index is -0.562. The van der Waals surface area contributed by atoms with Crippen molar-refractivity contribution in [2.24, 2.45) is 23.2 Å². The number of ether oxygens (including phenoxy) is 1. The van der Waals surface area contributed by atoms with Crippen LogP contribution in [0.15, 0.2) is 0 Å². The Balaban J connectivity index is 1.40. The summed E-state index contributed by atoms with van der Waals surface area (Å²) in [4.78, 5) is 33.4. The lowest BCUT2D eigenvalue weighted by atomic mass is 9.53. The molecule has 0 radical (unpaired) electrons. The van der Waals surface area contributed by atoms with Crippen LogP contribution in [0.4, 0.5) is 5.13 Å². The molecule has 8 nitrogen and oxygen atoms in total. The molecule has 196 valence electrons. The van der Waals surface area contributed by atoms with Gasteiger partial charge in [-0.3, -0.25) is 14.5 Å². The van der Waals surface area contributed by atoms with E-state index in [0.29, 0.717) is 17.4 Å². The van der Waals surface area contributed by atoms with Crippen LogP contribution < -0.4 is 10.6 Å². The maximum Gasteiger partial charge on any atom is 0.236 e. The quantitative estimate of drug-likeness (QED) is 0.480. The Morgan fingerprint density at radius 2 is 2.11 bits per heavy atom. The molecule has 2 fully saturated rings. The minimum Gasteiger partial charge on any atom is -0.392 e. The van der Waals surface area contributed by atoms with Gasteiger partial charge >= 0.3 is 0 Å². The molecular formula is C25H40N4O4S2. The number of hydrogen-bond donors (Lipinski definition) is 3. The van der Waals surface area contributed by atoms with Crippen molar-refractivity contribution in [3.63, 3.8) is 0 Å². The second kappa shape index (κ2) is 11.5. The largest absolute Gasteiger partial charge is 0.392 e. The second-order valence-electron chi connectivity index (χ2n) is 10.7. The van der Waals surface area contributed by atoms with Gasteiger partial charge in [-0.25, -0.2) is 4.98 Å². The maximum atomic E-state index is 13.0. The summed E-state index contributed by atoms with van der Waals surface area (Å²) >= 11 is 3.06. The van der Waals surface area contributed by atoms with Crippen molar-refractivity contribution in [3.05, 3.63) is 10.6 Å². The zero-order valence-corrected chi connectivity index (χ0v) is 23.0. The van der Waals surface area contributed by atoms with Gasteiger partial charge in [0.2, 0.25) is 11.8 Å². The number of thiazole rings is 1. The maximum absolute atomic E-state index is 13.0. The topological polar surface area (TPSA) is 104 Å². The van der Waals surface area contributed by atoms with Crippen LogP contribution in [0.2, 0.25) is 0 Å². The number of nitrogens with zero attached hydrogens (tertiary/aromatic N) is 2. The molecule has 2 aliphatic carbocycles. The second-order valence-corrected chi connectivity index (χ2v) is 12.6. The first-order valence-electron chi connectivity index (χ1n) is 12.8. The van der Waals surface area contributed by atoms with Crippen molar-refractivity contribution in [1.29, 1.82) is 0 Å². The number of thioether (sulfide) groups is 1. The fourth-order valence-electron chi connectivity index (χ4n) is 6.40. The van der Waals surface area contributed by atoms with Gasteiger partial charge in [0.1, 0.15) is 0 Å². The molecular weight excluding hydrogens is 484 g/mol. The van der Waals surface area contributed by atoms with Crippen molar-refractivity contribution >= 4 is 40.0 Å². The van der Waals surface area contributed by atoms with E-state index in [-0.39, 0.29) is 40.9 Å². The van der Waals surface area contributed by atoms with Gasteiger partial charge in [0.25, 0.3) is 0 Å². The van der Waals surface area contributed by atoms with Crippen LogP contribution in [0.25, 0.3) is 0 Å². The SMILES string of the molecule is CSCC(=O)Nc1nc2c(s1)CC1(C)CCC(C(C)C(=O)NCCN3CCOCC3)C(O)C1C2C. The summed E-state index contributed by atoms with van der Waals surface area (Å²) in [5.74, 6) is 0.197. The first kappa shape index (κ1) is 26.9. The predicted octanol–water partition coefficient (Wildman–Crippen LogP) is 2.58. The molecule has 1 saturated heterocycles. The standard InChI is InChI=1S/C25H40N4O4S2/c1-15(23(32)26-7-8-29-9-11-33-12-10-29)17-5-6-25(3)13-18-21(16(2)20(25)22(17)31)28-24(35-18)27-19(30)14-34-4/h15-17,20,22,31H,5-14H2,1-4H3,(H,26,32)(H,27,28,30). The molecule has 0 aromatic carbocycles. The predicted molar refractivity (Wildman–Crippen MR) is 141 cm³/mol. The zero-order chi connectivity index (χ0) is 25.2. The molecule has 1 saturated carbocycles. The van der Waals surface area contributed by atoms with Crippen LogP contribution in [0.1, 0.15) is 50.1 Å². The molecule has 2 heterocycles. The first-order chi connectivity index (χ1) is 16.7. The number of nitrogens with one attached hydrogen (secondary N) is 2. The molecule has 1 aliphatic heterocycles. The van der Waals surface area contributed by atoms with Crippen LogP contribution in [0, 0.1) is 23.2 Å². The normalized spacial score (nSPS) is 31.8. The van der Waals surface area contributed by atoms with Crippen LogP contribution in [-0.4, -0.2) is 84.3 Å². The molecule has 6 unspecified atom stereocenters. The van der Waals surface area contributed by atoms with E-state index in [1.807, 2.05) is 13.2 Å². The van der Waals surface area contributed by atoms with E-state index in [1.54, 1.807) is 11.3 Å². The van der Waals surface area contributed by atoms with E-state index in [0.717, 1.165) is 57.8 Å². The minimum absolute atomic E-state index is 0.0301. The van der Waals surface area contributed by atoms with Crippen molar-refractivity contribution < 1.29 is 19.4 Å². The summed E-state index contributed by atoms with van der Waals surface area (Å²) in [6, 6.07) is 0. The number of morpholine rings is 1. The van der Waals surface area contributed by atoms with Gasteiger partial charge in [-0.05, 0) is 42.8 Å². The fourth-order valence-corrected chi connectivity index (χ4v) is 8.02. The van der Waals surface area contributed by atoms with E-state index < -0.39 is 6.10 Å². The zero-order valence-electron chi connectivity index (χ0n) is 21.3. The van der Waals surface area contributed by atoms with Gasteiger partial charge in [0.15, 0.2) is 5.13 Å². The number of anilines is 1. The Morgan fingerprint density at radius 3 is 2.83 bits per heavy atom. The lowest BCUT2D eigenvalue weighted by Gasteiger charge is -2.53. The van der Waals surface area contributed by atoms with E-state index in [2.05, 4.69) is 29.4 Å². The van der Waals surface area contributed by atoms with Gasteiger partial charge < -0.3 is 20.5 Å². The van der Waals surface area contributed by atoms with Crippen molar-refractivity contribution in [2.75, 3.05) is 56.7 Å². The Bertz CT molecular complexity index is 906. The first-order valence-corrected chi connectivity index (χ1v) is 15.0. The number of aromatic nitrogens is 1. The smallest absolute Gasteiger partial charge is 0.236 e. The van der Waals surface area contributed by atoms with E-state index >= 15 is 0 Å². The number of carbonyl (C=O) groups excluding carboxylic acids is 2. The highest BCUT2D eigenvalue weighted by Gasteiger charge is 2.53. The summed E-state index contributed by atoms with van der Waals surface area (Å²) < 4.78 is 5.39. The molecule has 3 aliphatic rings. The molecule has 4 rings (SSSR count). The molecule has 6 atom stereocenters. The summed E-state index contributed by atoms with van der Waals surface area (Å²) in [7, 11) is 0. The summed E-state index contributed by atoms with van der Waals surface area (Å²) in [5, 5.41) is 18.3. The third-order valence-electron chi connectivity index (χ3n) is 8.33. The molecule has 1 aromatic rings. The lowest BCUT2D eigenvalue weighted by molar-refractivity contribution is -0.134. The third-order valence-corrected chi connectivity index (χ3v) is 9.87. The van der Waals surface area contributed by atoms with Crippen LogP contribution in [0.3, 0.4) is 0 Å². The number of aliphatic hydroxyl groups is 1. The van der Waals surface area contributed by atoms with Crippen molar-refractivity contribution in [3.8, 4) is 0 Å². The van der Waals surface area contributed by atoms with Crippen molar-refractivity contribution in [1.82, 2.24) is 15.2 Å². The highest BCUT2D eigenvalue weighted by Crippen LogP contribution is 2.57. The van der Waals surface area contributed by atoms with Gasteiger partial charge in [-0.2, -0.15) is 11.8 Å². The average molecular weight is 525 g/mol. The van der Waals surface area contributed by atoms with Gasteiger partial charge in [0, 0.05) is 42.9 Å². The molecule has 1 aromatic heterocycles. The number of amides is 2. The Labute approximate surface area is 217 Å². The van der Waals surface area contributed by atoms with E-state index in [9.17, 15) is 14.7 Å². The number of fused-ring (bicyclic) bond motifs is 2. The van der Waals surface area contributed by atoms with Crippen LogP contribution >= 0.6 is 23.1 Å². The molecule has 2 amide bonds. The van der Waals surface area contributed by atoms with Gasteiger partial charge in [-0.15, -0.1) is 11.3 Å². The van der Waals surface area contributed by atoms with Crippen LogP contribution in [-0.2, 0) is 20.7 Å². The average Bonchev–Trinajstić information content (AvgIpc) is 3.21. The van der Waals surface area contributed by atoms with Crippen molar-refractivity contribution in [2.45, 2.75) is 52.1 Å². The molecule has 10 heteroatoms. The molecule has 0 spiro atoms. The summed E-state index contributed by atoms with van der Waals surface area (Å²) in [6.07, 6.45) is 4.01. The molecule has 3 N–H and O–H groups in total. The molecule has 35 heavy (non-hydrogen) atoms. The lowest BCUT2D eigenvalue weighted by Crippen LogP contribution is -2.53. The Morgan fingerprint density at radius 1 is 1.37 bits per heavy atom. The third kappa shape index (κ3) is 5.87. The fraction of sp³-hybridized carbons (Fsp3) is 0.800. The number of rotatable bonds is 8. The molecule has 0 bridgehead atoms.